The van der Waals surface area contributed by atoms with Crippen molar-refractivity contribution in [2.75, 3.05) is 13.2 Å². The van der Waals surface area contributed by atoms with Crippen LogP contribution in [0.2, 0.25) is 0 Å². The fraction of sp³-hybridized carbons (Fsp3) is 0.933. The van der Waals surface area contributed by atoms with E-state index in [-0.39, 0.29) is 29.0 Å². The van der Waals surface area contributed by atoms with E-state index in [2.05, 4.69) is 47.6 Å². The van der Waals surface area contributed by atoms with Crippen molar-refractivity contribution in [2.45, 2.75) is 112 Å². The molecule has 0 unspecified atom stereocenters. The predicted molar refractivity (Wildman–Crippen MR) is 132 cm³/mol. The molecule has 4 saturated carbocycles. The van der Waals surface area contributed by atoms with Gasteiger partial charge in [0.2, 0.25) is 0 Å². The molecule has 3 nitrogen and oxygen atoms in total. The summed E-state index contributed by atoms with van der Waals surface area (Å²) in [6, 6.07) is 0. The maximum Gasteiger partial charge on any atom is 0.0640 e. The number of ether oxygens (including phenoxy) is 1. The van der Waals surface area contributed by atoms with Gasteiger partial charge in [-0.25, -0.2) is 0 Å². The molecule has 1 heterocycles. The standard InChI is InChI=1S/C30H48O3/c1-25-15-20-19-7-8-22-27(3)11-10-23(32)28(4,17-31)21(27)9-12-30(22,6)29(19,5)14-13-26(20,2)24(16-25)33-18-25/h7,20-24,31-32H,8-18H2,1-6H3/t20-,21+,22+,23-,24+,25+,26+,27-,28+,29+,30+/m0/s1. The fourth-order valence-corrected chi connectivity index (χ4v) is 11.2. The minimum absolute atomic E-state index is 0.108. The van der Waals surface area contributed by atoms with Crippen molar-refractivity contribution >= 4 is 0 Å². The molecule has 5 fully saturated rings. The Labute approximate surface area is 201 Å². The van der Waals surface area contributed by atoms with Gasteiger partial charge >= 0.3 is 0 Å². The lowest BCUT2D eigenvalue weighted by molar-refractivity contribution is -0.216. The number of hydrogen-bond donors (Lipinski definition) is 2. The highest BCUT2D eigenvalue weighted by Gasteiger charge is 2.69. The number of aliphatic hydroxyl groups excluding tert-OH is 2. The Balaban J connectivity index is 1.42. The maximum absolute atomic E-state index is 10.9. The zero-order chi connectivity index (χ0) is 23.7. The Bertz CT molecular complexity index is 882. The average Bonchev–Trinajstić information content (AvgIpc) is 3.12. The molecular weight excluding hydrogens is 408 g/mol. The first kappa shape index (κ1) is 23.0. The van der Waals surface area contributed by atoms with E-state index in [1.54, 1.807) is 5.57 Å². The number of rotatable bonds is 1. The normalized spacial score (nSPS) is 61.9. The smallest absolute Gasteiger partial charge is 0.0640 e. The molecule has 2 bridgehead atoms. The SMILES string of the molecule is C[C@]12CO[C@H](C1)[C@]1(C)CC[C@]3(C)C(=CC[C@@H]4[C@@]5(C)CC[C@H](O)[C@](C)(CO)[C@@H]5CC[C@]43C)[C@@H]1C2. The number of fused-ring (bicyclic) bond motifs is 10. The Morgan fingerprint density at radius 2 is 1.67 bits per heavy atom. The van der Waals surface area contributed by atoms with Gasteiger partial charge in [-0.3, -0.25) is 0 Å². The molecule has 6 aliphatic rings. The van der Waals surface area contributed by atoms with Gasteiger partial charge in [0, 0.05) is 10.8 Å². The van der Waals surface area contributed by atoms with Gasteiger partial charge < -0.3 is 14.9 Å². The zero-order valence-corrected chi connectivity index (χ0v) is 22.0. The van der Waals surface area contributed by atoms with E-state index in [9.17, 15) is 10.2 Å². The van der Waals surface area contributed by atoms with Gasteiger partial charge in [0.15, 0.2) is 0 Å². The van der Waals surface area contributed by atoms with E-state index >= 15 is 0 Å². The third-order valence-corrected chi connectivity index (χ3v) is 13.7. The van der Waals surface area contributed by atoms with Crippen molar-refractivity contribution in [3.05, 3.63) is 11.6 Å². The molecule has 0 amide bonds. The number of aliphatic hydroxyl groups is 2. The third-order valence-electron chi connectivity index (χ3n) is 13.7. The Morgan fingerprint density at radius 1 is 0.909 bits per heavy atom. The van der Waals surface area contributed by atoms with E-state index < -0.39 is 0 Å². The monoisotopic (exact) mass is 456 g/mol. The molecule has 0 aromatic carbocycles. The Kier molecular flexibility index (Phi) is 4.66. The summed E-state index contributed by atoms with van der Waals surface area (Å²) in [6.45, 7) is 16.1. The molecule has 186 valence electrons. The third kappa shape index (κ3) is 2.58. The molecular formula is C30H48O3. The first-order chi connectivity index (χ1) is 15.4. The van der Waals surface area contributed by atoms with Gasteiger partial charge in [-0.2, -0.15) is 0 Å². The van der Waals surface area contributed by atoms with E-state index in [0.29, 0.717) is 40.1 Å². The van der Waals surface area contributed by atoms with Gasteiger partial charge in [-0.1, -0.05) is 53.2 Å². The molecule has 5 aliphatic carbocycles. The van der Waals surface area contributed by atoms with E-state index in [1.807, 2.05) is 0 Å². The summed E-state index contributed by atoms with van der Waals surface area (Å²) >= 11 is 0. The summed E-state index contributed by atoms with van der Waals surface area (Å²) in [6.07, 6.45) is 13.4. The second-order valence-corrected chi connectivity index (χ2v) is 15.1. The number of allylic oxidation sites excluding steroid dienone is 2. The van der Waals surface area contributed by atoms with E-state index in [1.165, 1.54) is 38.5 Å². The molecule has 11 atom stereocenters. The lowest BCUT2D eigenvalue weighted by Gasteiger charge is -2.71. The first-order valence-corrected chi connectivity index (χ1v) is 14.0. The molecule has 0 spiro atoms. The van der Waals surface area contributed by atoms with Crippen molar-refractivity contribution in [3.63, 3.8) is 0 Å². The van der Waals surface area contributed by atoms with Crippen LogP contribution in [0.5, 0.6) is 0 Å². The van der Waals surface area contributed by atoms with E-state index in [0.717, 1.165) is 25.9 Å². The summed E-state index contributed by atoms with van der Waals surface area (Å²) in [4.78, 5) is 0. The molecule has 0 aromatic heterocycles. The highest BCUT2D eigenvalue weighted by Crippen LogP contribution is 2.76. The van der Waals surface area contributed by atoms with Crippen LogP contribution < -0.4 is 0 Å². The largest absolute Gasteiger partial charge is 0.396 e. The lowest BCUT2D eigenvalue weighted by Crippen LogP contribution is -2.65. The second kappa shape index (κ2) is 6.68. The average molecular weight is 457 g/mol. The molecule has 0 radical (unpaired) electrons. The molecule has 1 aliphatic heterocycles. The maximum atomic E-state index is 10.9. The first-order valence-electron chi connectivity index (χ1n) is 14.0. The van der Waals surface area contributed by atoms with Crippen molar-refractivity contribution in [1.29, 1.82) is 0 Å². The molecule has 0 aromatic rings. The van der Waals surface area contributed by atoms with Gasteiger partial charge in [0.05, 0.1) is 25.4 Å². The topological polar surface area (TPSA) is 49.7 Å². The summed E-state index contributed by atoms with van der Waals surface area (Å²) in [5, 5.41) is 21.4. The van der Waals surface area contributed by atoms with Crippen LogP contribution in [0.3, 0.4) is 0 Å². The highest BCUT2D eigenvalue weighted by atomic mass is 16.5. The summed E-state index contributed by atoms with van der Waals surface area (Å²) in [5.74, 6) is 1.70. The van der Waals surface area contributed by atoms with Crippen LogP contribution >= 0.6 is 0 Å². The zero-order valence-electron chi connectivity index (χ0n) is 22.0. The minimum Gasteiger partial charge on any atom is -0.396 e. The Hall–Kier alpha value is -0.380. The quantitative estimate of drug-likeness (QED) is 0.467. The van der Waals surface area contributed by atoms with Gasteiger partial charge in [0.1, 0.15) is 0 Å². The summed E-state index contributed by atoms with van der Waals surface area (Å²) in [7, 11) is 0. The van der Waals surface area contributed by atoms with Crippen molar-refractivity contribution in [3.8, 4) is 0 Å². The van der Waals surface area contributed by atoms with Crippen molar-refractivity contribution in [2.24, 2.45) is 50.2 Å². The summed E-state index contributed by atoms with van der Waals surface area (Å²) in [5.41, 5.74) is 2.83. The molecule has 33 heavy (non-hydrogen) atoms. The number of hydrogen-bond acceptors (Lipinski definition) is 3. The van der Waals surface area contributed by atoms with Crippen molar-refractivity contribution in [1.82, 2.24) is 0 Å². The van der Waals surface area contributed by atoms with Crippen molar-refractivity contribution < 1.29 is 14.9 Å². The van der Waals surface area contributed by atoms with Crippen LogP contribution in [0, 0.1) is 50.2 Å². The molecule has 1 saturated heterocycles. The van der Waals surface area contributed by atoms with Crippen LogP contribution in [0.25, 0.3) is 0 Å². The Morgan fingerprint density at radius 3 is 2.39 bits per heavy atom. The minimum atomic E-state index is -0.371. The van der Waals surface area contributed by atoms with Crippen LogP contribution in [0.1, 0.15) is 99.3 Å². The van der Waals surface area contributed by atoms with Crippen LogP contribution in [-0.2, 0) is 4.74 Å². The fourth-order valence-electron chi connectivity index (χ4n) is 11.2. The van der Waals surface area contributed by atoms with Crippen LogP contribution in [-0.4, -0.2) is 35.6 Å². The summed E-state index contributed by atoms with van der Waals surface area (Å²) < 4.78 is 6.45. The molecule has 2 N–H and O–H groups in total. The van der Waals surface area contributed by atoms with Gasteiger partial charge in [-0.05, 0) is 97.2 Å². The lowest BCUT2D eigenvalue weighted by atomic mass is 9.33. The van der Waals surface area contributed by atoms with Gasteiger partial charge in [-0.15, -0.1) is 0 Å². The highest BCUT2D eigenvalue weighted by molar-refractivity contribution is 5.34. The van der Waals surface area contributed by atoms with E-state index in [4.69, 9.17) is 4.74 Å². The van der Waals surface area contributed by atoms with Crippen LogP contribution in [0.4, 0.5) is 0 Å². The second-order valence-electron chi connectivity index (χ2n) is 15.1. The van der Waals surface area contributed by atoms with Crippen LogP contribution in [0.15, 0.2) is 11.6 Å². The predicted octanol–water partition coefficient (Wildman–Crippen LogP) is 6.13. The molecule has 6 rings (SSSR count). The van der Waals surface area contributed by atoms with Gasteiger partial charge in [0.25, 0.3) is 0 Å². The molecule has 3 heteroatoms.